The maximum Gasteiger partial charge on any atom is 0.178 e. The first-order valence-corrected chi connectivity index (χ1v) is 7.17. The number of aryl methyl sites for hydroxylation is 2. The summed E-state index contributed by atoms with van der Waals surface area (Å²) in [5.74, 6) is 0.220. The Hall–Kier alpha value is -0.870. The van der Waals surface area contributed by atoms with Gasteiger partial charge in [-0.1, -0.05) is 12.1 Å². The molecule has 0 spiro atoms. The van der Waals surface area contributed by atoms with Gasteiger partial charge < -0.3 is 5.73 Å². The number of fused-ring (bicyclic) bond motifs is 1. The number of hydrogen-bond donors (Lipinski definition) is 1. The second-order valence-corrected chi connectivity index (χ2v) is 6.56. The van der Waals surface area contributed by atoms with Crippen LogP contribution in [0.2, 0.25) is 0 Å². The highest BCUT2D eigenvalue weighted by atomic mass is 32.2. The quantitative estimate of drug-likeness (QED) is 0.752. The van der Waals surface area contributed by atoms with Crippen LogP contribution < -0.4 is 5.73 Å². The van der Waals surface area contributed by atoms with Crippen LogP contribution in [0.25, 0.3) is 0 Å². The van der Waals surface area contributed by atoms with Gasteiger partial charge in [-0.3, -0.25) is 0 Å². The molecule has 1 heterocycles. The first-order chi connectivity index (χ1) is 7.43. The Balaban J connectivity index is 2.82. The van der Waals surface area contributed by atoms with Crippen molar-refractivity contribution in [2.45, 2.75) is 37.6 Å². The van der Waals surface area contributed by atoms with Crippen LogP contribution in [0.15, 0.2) is 17.0 Å². The molecule has 2 rings (SSSR count). The van der Waals surface area contributed by atoms with Crippen molar-refractivity contribution in [2.24, 2.45) is 5.73 Å². The van der Waals surface area contributed by atoms with Gasteiger partial charge in [0, 0.05) is 6.04 Å². The first-order valence-electron chi connectivity index (χ1n) is 5.52. The van der Waals surface area contributed by atoms with Gasteiger partial charge >= 0.3 is 0 Å². The van der Waals surface area contributed by atoms with Crippen molar-refractivity contribution in [1.82, 2.24) is 0 Å². The van der Waals surface area contributed by atoms with Gasteiger partial charge in [-0.15, -0.1) is 0 Å². The lowest BCUT2D eigenvalue weighted by Gasteiger charge is -2.16. The molecule has 1 atom stereocenters. The third-order valence-corrected chi connectivity index (χ3v) is 5.21. The van der Waals surface area contributed by atoms with Gasteiger partial charge in [0.15, 0.2) is 9.84 Å². The molecule has 0 saturated carbocycles. The van der Waals surface area contributed by atoms with Crippen LogP contribution in [0.5, 0.6) is 0 Å². The largest absolute Gasteiger partial charge is 0.324 e. The van der Waals surface area contributed by atoms with E-state index in [1.54, 1.807) is 0 Å². The number of nitrogens with two attached hydrogens (primary N) is 1. The third kappa shape index (κ3) is 1.76. The molecule has 2 N–H and O–H groups in total. The zero-order valence-electron chi connectivity index (χ0n) is 9.66. The fourth-order valence-electron chi connectivity index (χ4n) is 2.42. The maximum atomic E-state index is 12.2. The Labute approximate surface area is 96.6 Å². The molecule has 88 valence electrons. The summed E-state index contributed by atoms with van der Waals surface area (Å²) in [4.78, 5) is 0.484. The van der Waals surface area contributed by atoms with Gasteiger partial charge in [0.1, 0.15) is 0 Å². The molecule has 0 bridgehead atoms. The van der Waals surface area contributed by atoms with E-state index in [-0.39, 0.29) is 11.8 Å². The summed E-state index contributed by atoms with van der Waals surface area (Å²) in [6.45, 7) is 3.77. The zero-order valence-corrected chi connectivity index (χ0v) is 10.5. The molecule has 0 radical (unpaired) electrons. The predicted molar refractivity (Wildman–Crippen MR) is 64.1 cm³/mol. The minimum absolute atomic E-state index is 0.146. The highest BCUT2D eigenvalue weighted by Gasteiger charge is 2.28. The summed E-state index contributed by atoms with van der Waals surface area (Å²) in [6, 6.07) is 3.67. The second-order valence-electron chi connectivity index (χ2n) is 4.51. The van der Waals surface area contributed by atoms with Crippen LogP contribution in [0, 0.1) is 13.8 Å². The lowest BCUT2D eigenvalue weighted by atomic mass is 9.96. The van der Waals surface area contributed by atoms with Crippen LogP contribution in [0.3, 0.4) is 0 Å². The van der Waals surface area contributed by atoms with E-state index in [0.29, 0.717) is 11.3 Å². The zero-order chi connectivity index (χ0) is 11.9. The molecule has 1 aromatic rings. The number of rotatable bonds is 0. The SMILES string of the molecule is Cc1ccc(C)c2c1C(N)CCCS2(=O)=O. The molecule has 0 saturated heterocycles. The van der Waals surface area contributed by atoms with Crippen molar-refractivity contribution < 1.29 is 8.42 Å². The topological polar surface area (TPSA) is 60.2 Å². The van der Waals surface area contributed by atoms with E-state index in [1.807, 2.05) is 26.0 Å². The third-order valence-electron chi connectivity index (χ3n) is 3.22. The van der Waals surface area contributed by atoms with Crippen molar-refractivity contribution in [1.29, 1.82) is 0 Å². The summed E-state index contributed by atoms with van der Waals surface area (Å²) >= 11 is 0. The number of hydrogen-bond acceptors (Lipinski definition) is 3. The van der Waals surface area contributed by atoms with E-state index in [2.05, 4.69) is 0 Å². The predicted octanol–water partition coefficient (Wildman–Crippen LogP) is 1.87. The average Bonchev–Trinajstić information content (AvgIpc) is 2.30. The van der Waals surface area contributed by atoms with E-state index in [9.17, 15) is 8.42 Å². The molecule has 0 aliphatic carbocycles. The van der Waals surface area contributed by atoms with Crippen molar-refractivity contribution in [3.63, 3.8) is 0 Å². The monoisotopic (exact) mass is 239 g/mol. The highest BCUT2D eigenvalue weighted by Crippen LogP contribution is 2.34. The molecule has 1 aliphatic rings. The summed E-state index contributed by atoms with van der Waals surface area (Å²) in [7, 11) is -3.14. The fraction of sp³-hybridized carbons (Fsp3) is 0.500. The molecule has 1 aliphatic heterocycles. The van der Waals surface area contributed by atoms with Gasteiger partial charge in [-0.05, 0) is 43.4 Å². The lowest BCUT2D eigenvalue weighted by Crippen LogP contribution is -2.14. The van der Waals surface area contributed by atoms with Gasteiger partial charge in [0.05, 0.1) is 10.6 Å². The Bertz CT molecular complexity index is 520. The highest BCUT2D eigenvalue weighted by molar-refractivity contribution is 7.91. The van der Waals surface area contributed by atoms with E-state index in [4.69, 9.17) is 5.73 Å². The Morgan fingerprint density at radius 1 is 1.25 bits per heavy atom. The van der Waals surface area contributed by atoms with Crippen LogP contribution in [0.4, 0.5) is 0 Å². The molecule has 1 aromatic carbocycles. The summed E-state index contributed by atoms with van der Waals surface area (Å²) in [6.07, 6.45) is 1.40. The minimum Gasteiger partial charge on any atom is -0.324 e. The molecule has 0 fully saturated rings. The molecule has 0 amide bonds. The molecule has 16 heavy (non-hydrogen) atoms. The van der Waals surface area contributed by atoms with E-state index in [1.165, 1.54) is 0 Å². The molecular weight excluding hydrogens is 222 g/mol. The normalized spacial score (nSPS) is 23.6. The van der Waals surface area contributed by atoms with E-state index < -0.39 is 9.84 Å². The lowest BCUT2D eigenvalue weighted by molar-refractivity contribution is 0.593. The van der Waals surface area contributed by atoms with E-state index in [0.717, 1.165) is 23.1 Å². The molecule has 0 aromatic heterocycles. The van der Waals surface area contributed by atoms with Crippen LogP contribution in [0.1, 0.15) is 35.6 Å². The van der Waals surface area contributed by atoms with Gasteiger partial charge in [-0.25, -0.2) is 8.42 Å². The van der Waals surface area contributed by atoms with E-state index >= 15 is 0 Å². The molecule has 4 heteroatoms. The Morgan fingerprint density at radius 3 is 2.56 bits per heavy atom. The van der Waals surface area contributed by atoms with Crippen LogP contribution in [-0.4, -0.2) is 14.2 Å². The Kier molecular flexibility index (Phi) is 2.80. The van der Waals surface area contributed by atoms with Crippen molar-refractivity contribution >= 4 is 9.84 Å². The summed E-state index contributed by atoms with van der Waals surface area (Å²) in [5.41, 5.74) is 8.71. The maximum absolute atomic E-state index is 12.2. The summed E-state index contributed by atoms with van der Waals surface area (Å²) in [5, 5.41) is 0. The van der Waals surface area contributed by atoms with Gasteiger partial charge in [-0.2, -0.15) is 0 Å². The smallest absolute Gasteiger partial charge is 0.178 e. The van der Waals surface area contributed by atoms with Crippen molar-refractivity contribution in [3.05, 3.63) is 28.8 Å². The summed E-state index contributed by atoms with van der Waals surface area (Å²) < 4.78 is 24.3. The van der Waals surface area contributed by atoms with Crippen LogP contribution >= 0.6 is 0 Å². The average molecular weight is 239 g/mol. The first kappa shape index (κ1) is 11.6. The van der Waals surface area contributed by atoms with Crippen LogP contribution in [-0.2, 0) is 9.84 Å². The second kappa shape index (κ2) is 3.86. The fourth-order valence-corrected chi connectivity index (χ4v) is 4.38. The number of sulfone groups is 1. The number of benzene rings is 1. The van der Waals surface area contributed by atoms with Gasteiger partial charge in [0.2, 0.25) is 0 Å². The van der Waals surface area contributed by atoms with Crippen molar-refractivity contribution in [2.75, 3.05) is 5.75 Å². The standard InChI is InChI=1S/C12H17NO2S/c1-8-5-6-9(2)12-11(8)10(13)4-3-7-16(12,14)15/h5-6,10H,3-4,7,13H2,1-2H3. The molecule has 3 nitrogen and oxygen atoms in total. The molecule has 1 unspecified atom stereocenters. The minimum atomic E-state index is -3.14. The Morgan fingerprint density at radius 2 is 1.88 bits per heavy atom. The molecular formula is C12H17NO2S. The van der Waals surface area contributed by atoms with Gasteiger partial charge in [0.25, 0.3) is 0 Å². The van der Waals surface area contributed by atoms with Crippen molar-refractivity contribution in [3.8, 4) is 0 Å².